The maximum atomic E-state index is 12.7. The van der Waals surface area contributed by atoms with Gasteiger partial charge in [-0.25, -0.2) is 4.79 Å². The number of carbonyl (C=O) groups excluding carboxylic acids is 1. The van der Waals surface area contributed by atoms with Crippen LogP contribution in [-0.4, -0.2) is 20.4 Å². The smallest absolute Gasteiger partial charge is 0.321 e. The van der Waals surface area contributed by atoms with Gasteiger partial charge in [-0.15, -0.1) is 0 Å². The molecule has 0 aliphatic carbocycles. The number of non-ortho nitro benzene ring substituents is 1. The summed E-state index contributed by atoms with van der Waals surface area (Å²) in [7, 11) is 0. The summed E-state index contributed by atoms with van der Waals surface area (Å²) in [6.45, 7) is -0.157. The number of nitrogens with zero attached hydrogens (tertiary/aromatic N) is 3. The predicted molar refractivity (Wildman–Crippen MR) is 108 cm³/mol. The van der Waals surface area contributed by atoms with Gasteiger partial charge in [0.05, 0.1) is 22.7 Å². The number of nitro benzene ring substituents is 1. The first kappa shape index (κ1) is 20.5. The Bertz CT molecular complexity index is 1320. The molecule has 2 aromatic carbocycles. The zero-order valence-electron chi connectivity index (χ0n) is 15.1. The van der Waals surface area contributed by atoms with E-state index in [1.807, 2.05) is 0 Å². The van der Waals surface area contributed by atoms with Gasteiger partial charge in [0.2, 0.25) is 0 Å². The highest BCUT2D eigenvalue weighted by Gasteiger charge is 2.18. The summed E-state index contributed by atoms with van der Waals surface area (Å²) in [4.78, 5) is 49.9. The Morgan fingerprint density at radius 3 is 2.67 bits per heavy atom. The van der Waals surface area contributed by atoms with Crippen LogP contribution in [0.1, 0.15) is 21.5 Å². The number of carbonyl (C=O) groups is 1. The van der Waals surface area contributed by atoms with Crippen molar-refractivity contribution < 1.29 is 9.72 Å². The Morgan fingerprint density at radius 2 is 2.00 bits per heavy atom. The van der Waals surface area contributed by atoms with Crippen LogP contribution < -0.4 is 16.6 Å². The number of halogens is 1. The molecular formula is C19H12ClN5O5. The fourth-order valence-electron chi connectivity index (χ4n) is 2.65. The van der Waals surface area contributed by atoms with Crippen LogP contribution in [0, 0.1) is 21.4 Å². The largest absolute Gasteiger partial charge is 0.328 e. The van der Waals surface area contributed by atoms with E-state index < -0.39 is 22.1 Å². The third-order valence-electron chi connectivity index (χ3n) is 4.17. The molecule has 0 fully saturated rings. The van der Waals surface area contributed by atoms with Crippen molar-refractivity contribution in [2.45, 2.75) is 6.54 Å². The molecule has 0 saturated heterocycles. The highest BCUT2D eigenvalue weighted by Crippen LogP contribution is 2.21. The van der Waals surface area contributed by atoms with Crippen LogP contribution in [0.15, 0.2) is 58.3 Å². The molecule has 0 bridgehead atoms. The number of anilines is 1. The zero-order valence-corrected chi connectivity index (χ0v) is 15.8. The maximum absolute atomic E-state index is 12.7. The first-order valence-corrected chi connectivity index (χ1v) is 8.75. The van der Waals surface area contributed by atoms with Gasteiger partial charge in [0.1, 0.15) is 11.6 Å². The SMILES string of the molecule is N#Cc1cc([N+](=O)[O-])ccc1NC(=O)c1c[nH]c(=O)n(Cc2ccccc2Cl)c1=O. The van der Waals surface area contributed by atoms with Crippen molar-refractivity contribution in [1.82, 2.24) is 9.55 Å². The molecule has 0 saturated carbocycles. The maximum Gasteiger partial charge on any atom is 0.328 e. The molecule has 11 heteroatoms. The quantitative estimate of drug-likeness (QED) is 0.472. The van der Waals surface area contributed by atoms with E-state index in [0.29, 0.717) is 10.6 Å². The highest BCUT2D eigenvalue weighted by molar-refractivity contribution is 6.31. The van der Waals surface area contributed by atoms with Crippen LogP contribution in [0.4, 0.5) is 11.4 Å². The summed E-state index contributed by atoms with van der Waals surface area (Å²) < 4.78 is 0.817. The molecule has 0 unspecified atom stereocenters. The summed E-state index contributed by atoms with van der Waals surface area (Å²) in [5.41, 5.74) is -1.97. The highest BCUT2D eigenvalue weighted by atomic mass is 35.5. The van der Waals surface area contributed by atoms with Crippen molar-refractivity contribution in [2.24, 2.45) is 0 Å². The molecule has 3 aromatic rings. The van der Waals surface area contributed by atoms with Crippen molar-refractivity contribution >= 4 is 28.9 Å². The Kier molecular flexibility index (Phi) is 5.75. The van der Waals surface area contributed by atoms with E-state index in [9.17, 15) is 29.8 Å². The summed E-state index contributed by atoms with van der Waals surface area (Å²) in [5, 5.41) is 22.7. The number of amides is 1. The van der Waals surface area contributed by atoms with E-state index >= 15 is 0 Å². The van der Waals surface area contributed by atoms with Gasteiger partial charge in [0.25, 0.3) is 17.2 Å². The normalized spacial score (nSPS) is 10.3. The lowest BCUT2D eigenvalue weighted by atomic mass is 10.1. The first-order valence-electron chi connectivity index (χ1n) is 8.37. The number of H-pyrrole nitrogens is 1. The number of aromatic nitrogens is 2. The lowest BCUT2D eigenvalue weighted by Gasteiger charge is -2.10. The molecule has 0 aliphatic rings. The van der Waals surface area contributed by atoms with E-state index in [1.54, 1.807) is 30.3 Å². The minimum Gasteiger partial charge on any atom is -0.321 e. The third-order valence-corrected chi connectivity index (χ3v) is 4.54. The fourth-order valence-corrected chi connectivity index (χ4v) is 2.85. The van der Waals surface area contributed by atoms with Gasteiger partial charge in [-0.2, -0.15) is 5.26 Å². The summed E-state index contributed by atoms with van der Waals surface area (Å²) in [6, 6.07) is 11.7. The topological polar surface area (TPSA) is 151 Å². The number of rotatable bonds is 5. The number of hydrogen-bond donors (Lipinski definition) is 2. The number of nitro groups is 1. The minimum absolute atomic E-state index is 0.0173. The van der Waals surface area contributed by atoms with Crippen LogP contribution in [-0.2, 0) is 6.54 Å². The third kappa shape index (κ3) is 4.11. The van der Waals surface area contributed by atoms with E-state index in [1.165, 1.54) is 6.07 Å². The molecule has 0 aliphatic heterocycles. The number of benzene rings is 2. The van der Waals surface area contributed by atoms with Crippen LogP contribution in [0.2, 0.25) is 5.02 Å². The molecule has 1 amide bonds. The Balaban J connectivity index is 1.96. The molecule has 10 nitrogen and oxygen atoms in total. The van der Waals surface area contributed by atoms with Crippen molar-refractivity contribution in [1.29, 1.82) is 5.26 Å². The molecule has 3 rings (SSSR count). The first-order chi connectivity index (χ1) is 14.3. The van der Waals surface area contributed by atoms with Crippen LogP contribution in [0.5, 0.6) is 0 Å². The van der Waals surface area contributed by atoms with Gasteiger partial charge in [-0.3, -0.25) is 24.3 Å². The molecule has 30 heavy (non-hydrogen) atoms. The molecule has 0 radical (unpaired) electrons. The van der Waals surface area contributed by atoms with Crippen LogP contribution >= 0.6 is 11.6 Å². The van der Waals surface area contributed by atoms with E-state index in [-0.39, 0.29) is 29.0 Å². The molecule has 1 aromatic heterocycles. The van der Waals surface area contributed by atoms with Crippen LogP contribution in [0.3, 0.4) is 0 Å². The average molecular weight is 426 g/mol. The fraction of sp³-hybridized carbons (Fsp3) is 0.0526. The van der Waals surface area contributed by atoms with E-state index in [4.69, 9.17) is 11.6 Å². The number of hydrogen-bond acceptors (Lipinski definition) is 6. The molecular weight excluding hydrogens is 414 g/mol. The Morgan fingerprint density at radius 1 is 1.27 bits per heavy atom. The molecule has 2 N–H and O–H groups in total. The Labute approximate surface area is 173 Å². The van der Waals surface area contributed by atoms with Gasteiger partial charge >= 0.3 is 5.69 Å². The predicted octanol–water partition coefficient (Wildman–Crippen LogP) is 2.27. The summed E-state index contributed by atoms with van der Waals surface area (Å²) >= 11 is 6.07. The summed E-state index contributed by atoms with van der Waals surface area (Å²) in [5.74, 6) is -0.894. The molecule has 0 spiro atoms. The number of nitriles is 1. The van der Waals surface area contributed by atoms with Gasteiger partial charge in [-0.1, -0.05) is 29.8 Å². The zero-order chi connectivity index (χ0) is 21.8. The van der Waals surface area contributed by atoms with Gasteiger partial charge in [-0.05, 0) is 17.7 Å². The van der Waals surface area contributed by atoms with Crippen molar-refractivity contribution in [3.8, 4) is 6.07 Å². The lowest BCUT2D eigenvalue weighted by Crippen LogP contribution is -2.39. The summed E-state index contributed by atoms with van der Waals surface area (Å²) in [6.07, 6.45) is 0.959. The molecule has 0 atom stereocenters. The minimum atomic E-state index is -0.894. The van der Waals surface area contributed by atoms with Crippen molar-refractivity contribution in [3.63, 3.8) is 0 Å². The average Bonchev–Trinajstić information content (AvgIpc) is 2.72. The number of aromatic amines is 1. The van der Waals surface area contributed by atoms with E-state index in [0.717, 1.165) is 22.9 Å². The second-order valence-electron chi connectivity index (χ2n) is 6.04. The second-order valence-corrected chi connectivity index (χ2v) is 6.45. The van der Waals surface area contributed by atoms with Crippen LogP contribution in [0.25, 0.3) is 0 Å². The Hall–Kier alpha value is -4.23. The van der Waals surface area contributed by atoms with Gasteiger partial charge < -0.3 is 10.3 Å². The standard InChI is InChI=1S/C19H12ClN5O5/c20-15-4-2-1-3-11(15)10-24-18(27)14(9-22-19(24)28)17(26)23-16-6-5-13(25(29)30)7-12(16)8-21/h1-7,9H,10H2,(H,22,28)(H,23,26). The second kappa shape index (κ2) is 8.42. The van der Waals surface area contributed by atoms with Gasteiger partial charge in [0.15, 0.2) is 0 Å². The van der Waals surface area contributed by atoms with Crippen molar-refractivity contribution in [2.75, 3.05) is 5.32 Å². The van der Waals surface area contributed by atoms with E-state index in [2.05, 4.69) is 10.3 Å². The number of nitrogens with one attached hydrogen (secondary N) is 2. The molecule has 1 heterocycles. The van der Waals surface area contributed by atoms with Gasteiger partial charge in [0, 0.05) is 23.4 Å². The van der Waals surface area contributed by atoms with Crippen molar-refractivity contribution in [3.05, 3.63) is 101 Å². The molecule has 150 valence electrons. The lowest BCUT2D eigenvalue weighted by molar-refractivity contribution is -0.384. The monoisotopic (exact) mass is 425 g/mol.